The molecular formula is C15H24NO5P. The molecule has 1 rings (SSSR count). The van der Waals surface area contributed by atoms with Crippen molar-refractivity contribution >= 4 is 13.4 Å². The number of Topliss-reactive ketones (excluding diaryl/α,β-unsaturated/α-hetero) is 1. The third-order valence-electron chi connectivity index (χ3n) is 3.22. The summed E-state index contributed by atoms with van der Waals surface area (Å²) in [5.41, 5.74) is 5.81. The third-order valence-corrected chi connectivity index (χ3v) is 5.82. The number of benzene rings is 1. The summed E-state index contributed by atoms with van der Waals surface area (Å²) in [7, 11) is -2.07. The van der Waals surface area contributed by atoms with Gasteiger partial charge in [-0.25, -0.2) is 0 Å². The molecule has 22 heavy (non-hydrogen) atoms. The van der Waals surface area contributed by atoms with Crippen LogP contribution in [0.4, 0.5) is 0 Å². The first-order valence-electron chi connectivity index (χ1n) is 7.18. The number of nitrogens with two attached hydrogens (primary N) is 1. The molecular weight excluding hydrogens is 305 g/mol. The maximum atomic E-state index is 12.9. The molecule has 124 valence electrons. The Morgan fingerprint density at radius 3 is 2.05 bits per heavy atom. The van der Waals surface area contributed by atoms with E-state index in [0.717, 1.165) is 0 Å². The van der Waals surface area contributed by atoms with Crippen molar-refractivity contribution in [2.24, 2.45) is 5.73 Å². The Kier molecular flexibility index (Phi) is 7.23. The molecule has 7 heteroatoms. The quantitative estimate of drug-likeness (QED) is 0.701. The number of hydrogen-bond acceptors (Lipinski definition) is 6. The Hall–Kier alpha value is -1.20. The molecule has 1 aromatic carbocycles. The second kappa shape index (κ2) is 8.44. The summed E-state index contributed by atoms with van der Waals surface area (Å²) in [4.78, 5) is 12.0. The first-order chi connectivity index (χ1) is 10.4. The highest BCUT2D eigenvalue weighted by atomic mass is 31.2. The summed E-state index contributed by atoms with van der Waals surface area (Å²) in [6.45, 7) is 5.09. The predicted octanol–water partition coefficient (Wildman–Crippen LogP) is 2.92. The van der Waals surface area contributed by atoms with Crippen LogP contribution in [0.1, 0.15) is 32.4 Å². The highest BCUT2D eigenvalue weighted by molar-refractivity contribution is 7.55. The molecule has 0 amide bonds. The van der Waals surface area contributed by atoms with Gasteiger partial charge in [-0.05, 0) is 38.5 Å². The van der Waals surface area contributed by atoms with Gasteiger partial charge in [0.1, 0.15) is 17.2 Å². The van der Waals surface area contributed by atoms with Crippen LogP contribution in [0, 0.1) is 0 Å². The SMILES string of the molecule is CCOP(=O)(OCC)C(C(C)=O)C(N)c1ccc(OC)cc1. The summed E-state index contributed by atoms with van der Waals surface area (Å²) >= 11 is 0. The molecule has 0 fully saturated rings. The topological polar surface area (TPSA) is 87.9 Å². The number of methoxy groups -OCH3 is 1. The van der Waals surface area contributed by atoms with E-state index in [0.29, 0.717) is 11.3 Å². The maximum Gasteiger partial charge on any atom is 0.343 e. The van der Waals surface area contributed by atoms with Crippen LogP contribution in [0.2, 0.25) is 0 Å². The van der Waals surface area contributed by atoms with Crippen molar-refractivity contribution in [3.63, 3.8) is 0 Å². The van der Waals surface area contributed by atoms with Crippen molar-refractivity contribution in [3.8, 4) is 5.75 Å². The van der Waals surface area contributed by atoms with Crippen LogP contribution in [0.15, 0.2) is 24.3 Å². The van der Waals surface area contributed by atoms with Crippen molar-refractivity contribution in [2.75, 3.05) is 20.3 Å². The van der Waals surface area contributed by atoms with Crippen LogP contribution >= 0.6 is 7.60 Å². The molecule has 0 aliphatic heterocycles. The molecule has 0 radical (unpaired) electrons. The molecule has 0 saturated carbocycles. The lowest BCUT2D eigenvalue weighted by atomic mass is 10.0. The van der Waals surface area contributed by atoms with Gasteiger partial charge >= 0.3 is 7.60 Å². The molecule has 2 N–H and O–H groups in total. The van der Waals surface area contributed by atoms with Gasteiger partial charge in [-0.1, -0.05) is 12.1 Å². The zero-order chi connectivity index (χ0) is 16.8. The molecule has 1 aromatic rings. The fourth-order valence-corrected chi connectivity index (χ4v) is 4.36. The predicted molar refractivity (Wildman–Crippen MR) is 85.2 cm³/mol. The van der Waals surface area contributed by atoms with E-state index in [1.807, 2.05) is 0 Å². The summed E-state index contributed by atoms with van der Waals surface area (Å²) < 4.78 is 28.6. The van der Waals surface area contributed by atoms with Crippen LogP contribution in [0.25, 0.3) is 0 Å². The minimum atomic E-state index is -3.63. The zero-order valence-corrected chi connectivity index (χ0v) is 14.3. The van der Waals surface area contributed by atoms with Crippen molar-refractivity contribution in [1.82, 2.24) is 0 Å². The number of rotatable bonds is 9. The van der Waals surface area contributed by atoms with Gasteiger partial charge in [-0.15, -0.1) is 0 Å². The van der Waals surface area contributed by atoms with Crippen LogP contribution in [-0.2, 0) is 18.4 Å². The first kappa shape index (κ1) is 18.8. The van der Waals surface area contributed by atoms with E-state index in [1.54, 1.807) is 45.2 Å². The van der Waals surface area contributed by atoms with E-state index in [-0.39, 0.29) is 19.0 Å². The van der Waals surface area contributed by atoms with Gasteiger partial charge in [0.2, 0.25) is 0 Å². The molecule has 2 unspecified atom stereocenters. The van der Waals surface area contributed by atoms with E-state index in [4.69, 9.17) is 19.5 Å². The first-order valence-corrected chi connectivity index (χ1v) is 8.79. The molecule has 2 atom stereocenters. The molecule has 0 saturated heterocycles. The average Bonchev–Trinajstić information content (AvgIpc) is 2.47. The van der Waals surface area contributed by atoms with Gasteiger partial charge in [-0.2, -0.15) is 0 Å². The third kappa shape index (κ3) is 4.40. The average molecular weight is 329 g/mol. The lowest BCUT2D eigenvalue weighted by Crippen LogP contribution is -2.33. The molecule has 0 spiro atoms. The molecule has 0 aliphatic rings. The molecule has 6 nitrogen and oxygen atoms in total. The van der Waals surface area contributed by atoms with Crippen LogP contribution in [-0.4, -0.2) is 31.8 Å². The minimum absolute atomic E-state index is 0.177. The summed E-state index contributed by atoms with van der Waals surface area (Å²) in [5, 5.41) is 0. The summed E-state index contributed by atoms with van der Waals surface area (Å²) in [5.74, 6) is 0.349. The number of carbonyl (C=O) groups excluding carboxylic acids is 1. The Labute approximate surface area is 131 Å². The number of carbonyl (C=O) groups is 1. The minimum Gasteiger partial charge on any atom is -0.497 e. The van der Waals surface area contributed by atoms with Gasteiger partial charge in [-0.3, -0.25) is 9.36 Å². The van der Waals surface area contributed by atoms with Crippen LogP contribution < -0.4 is 10.5 Å². The fraction of sp³-hybridized carbons (Fsp3) is 0.533. The Morgan fingerprint density at radius 2 is 1.68 bits per heavy atom. The van der Waals surface area contributed by atoms with Crippen molar-refractivity contribution in [2.45, 2.75) is 32.5 Å². The Balaban J connectivity index is 3.16. The highest BCUT2D eigenvalue weighted by Crippen LogP contribution is 2.56. The summed E-state index contributed by atoms with van der Waals surface area (Å²) in [6, 6.07) is 6.16. The van der Waals surface area contributed by atoms with Gasteiger partial charge in [0.15, 0.2) is 0 Å². The van der Waals surface area contributed by atoms with E-state index in [2.05, 4.69) is 0 Å². The molecule has 0 aliphatic carbocycles. The lowest BCUT2D eigenvalue weighted by molar-refractivity contribution is -0.117. The van der Waals surface area contributed by atoms with E-state index >= 15 is 0 Å². The number of hydrogen-bond donors (Lipinski definition) is 1. The summed E-state index contributed by atoms with van der Waals surface area (Å²) in [6.07, 6.45) is 0. The monoisotopic (exact) mass is 329 g/mol. The van der Waals surface area contributed by atoms with Crippen LogP contribution in [0.5, 0.6) is 5.75 Å². The molecule has 0 bridgehead atoms. The van der Waals surface area contributed by atoms with Crippen molar-refractivity contribution < 1.29 is 23.1 Å². The fourth-order valence-electron chi connectivity index (χ4n) is 2.24. The largest absolute Gasteiger partial charge is 0.497 e. The second-order valence-electron chi connectivity index (χ2n) is 4.73. The number of ketones is 1. The van der Waals surface area contributed by atoms with E-state index in [9.17, 15) is 9.36 Å². The smallest absolute Gasteiger partial charge is 0.343 e. The lowest BCUT2D eigenvalue weighted by Gasteiger charge is -2.29. The zero-order valence-electron chi connectivity index (χ0n) is 13.4. The molecule has 0 aromatic heterocycles. The van der Waals surface area contributed by atoms with Gasteiger partial charge < -0.3 is 19.5 Å². The van der Waals surface area contributed by atoms with Crippen LogP contribution in [0.3, 0.4) is 0 Å². The van der Waals surface area contributed by atoms with Gasteiger partial charge in [0, 0.05) is 0 Å². The van der Waals surface area contributed by atoms with Crippen molar-refractivity contribution in [3.05, 3.63) is 29.8 Å². The molecule has 0 heterocycles. The van der Waals surface area contributed by atoms with E-state index < -0.39 is 19.3 Å². The van der Waals surface area contributed by atoms with Gasteiger partial charge in [0.05, 0.1) is 26.4 Å². The van der Waals surface area contributed by atoms with Gasteiger partial charge in [0.25, 0.3) is 0 Å². The normalized spacial score (nSPS) is 14.4. The Morgan fingerprint density at radius 1 is 1.18 bits per heavy atom. The maximum absolute atomic E-state index is 12.9. The van der Waals surface area contributed by atoms with E-state index in [1.165, 1.54) is 6.92 Å². The van der Waals surface area contributed by atoms with Crippen molar-refractivity contribution in [1.29, 1.82) is 0 Å². The second-order valence-corrected chi connectivity index (χ2v) is 6.88. The Bertz CT molecular complexity index is 521. The highest BCUT2D eigenvalue weighted by Gasteiger charge is 2.43. The standard InChI is InChI=1S/C15H24NO5P/c1-5-20-22(18,21-6-2)15(11(3)17)14(16)12-7-9-13(19-4)10-8-12/h7-10,14-15H,5-6,16H2,1-4H3. The number of ether oxygens (including phenoxy) is 1.